The smallest absolute Gasteiger partial charge is 0.220 e. The Morgan fingerprint density at radius 1 is 1.37 bits per heavy atom. The SMILES string of the molecule is CC1(CNC(=O)CC2CCCCC2N)CCCS1.Cl. The lowest BCUT2D eigenvalue weighted by molar-refractivity contribution is -0.122. The number of nitrogens with two attached hydrogens (primary N) is 1. The molecule has 2 rings (SSSR count). The van der Waals surface area contributed by atoms with Gasteiger partial charge in [-0.15, -0.1) is 12.4 Å². The van der Waals surface area contributed by atoms with Gasteiger partial charge in [-0.25, -0.2) is 0 Å². The van der Waals surface area contributed by atoms with Crippen molar-refractivity contribution in [2.24, 2.45) is 11.7 Å². The molecule has 2 fully saturated rings. The van der Waals surface area contributed by atoms with Crippen molar-refractivity contribution in [2.45, 2.75) is 62.7 Å². The van der Waals surface area contributed by atoms with E-state index in [2.05, 4.69) is 12.2 Å². The summed E-state index contributed by atoms with van der Waals surface area (Å²) in [5.74, 6) is 1.84. The van der Waals surface area contributed by atoms with Crippen LogP contribution in [0.2, 0.25) is 0 Å². The van der Waals surface area contributed by atoms with Crippen LogP contribution in [0.15, 0.2) is 0 Å². The molecular formula is C14H27ClN2OS. The lowest BCUT2D eigenvalue weighted by Crippen LogP contribution is -2.40. The minimum absolute atomic E-state index is 0. The molecule has 0 aromatic heterocycles. The molecule has 5 heteroatoms. The Kier molecular flexibility index (Phi) is 6.98. The fourth-order valence-electron chi connectivity index (χ4n) is 3.06. The van der Waals surface area contributed by atoms with Crippen molar-refractivity contribution >= 4 is 30.1 Å². The van der Waals surface area contributed by atoms with Crippen LogP contribution < -0.4 is 11.1 Å². The summed E-state index contributed by atoms with van der Waals surface area (Å²) in [6, 6.07) is 0.237. The summed E-state index contributed by atoms with van der Waals surface area (Å²) in [5, 5.41) is 3.12. The largest absolute Gasteiger partial charge is 0.355 e. The third-order valence-electron chi connectivity index (χ3n) is 4.38. The number of thioether (sulfide) groups is 1. The molecule has 3 N–H and O–H groups in total. The van der Waals surface area contributed by atoms with Gasteiger partial charge in [0, 0.05) is 23.8 Å². The van der Waals surface area contributed by atoms with E-state index in [9.17, 15) is 4.79 Å². The number of nitrogens with one attached hydrogen (secondary N) is 1. The first-order valence-corrected chi connectivity index (χ1v) is 8.24. The second kappa shape index (κ2) is 7.75. The summed E-state index contributed by atoms with van der Waals surface area (Å²) in [7, 11) is 0. The van der Waals surface area contributed by atoms with Gasteiger partial charge in [-0.2, -0.15) is 11.8 Å². The second-order valence-electron chi connectivity index (χ2n) is 6.09. The zero-order valence-corrected chi connectivity index (χ0v) is 13.5. The van der Waals surface area contributed by atoms with Gasteiger partial charge in [0.1, 0.15) is 0 Å². The molecule has 1 amide bonds. The number of amides is 1. The van der Waals surface area contributed by atoms with E-state index in [1.807, 2.05) is 11.8 Å². The zero-order valence-electron chi connectivity index (χ0n) is 11.8. The Labute approximate surface area is 127 Å². The molecule has 0 bridgehead atoms. The predicted molar refractivity (Wildman–Crippen MR) is 84.9 cm³/mol. The van der Waals surface area contributed by atoms with Crippen molar-refractivity contribution in [1.82, 2.24) is 5.32 Å². The minimum atomic E-state index is 0. The molecule has 2 aliphatic rings. The third-order valence-corrected chi connectivity index (χ3v) is 5.91. The van der Waals surface area contributed by atoms with Crippen LogP contribution in [0.5, 0.6) is 0 Å². The summed E-state index contributed by atoms with van der Waals surface area (Å²) in [6.07, 6.45) is 7.81. The summed E-state index contributed by atoms with van der Waals surface area (Å²) in [6.45, 7) is 3.08. The number of rotatable bonds is 4. The maximum atomic E-state index is 12.0. The Morgan fingerprint density at radius 2 is 2.11 bits per heavy atom. The van der Waals surface area contributed by atoms with Gasteiger partial charge in [0.2, 0.25) is 5.91 Å². The number of carbonyl (C=O) groups excluding carboxylic acids is 1. The standard InChI is InChI=1S/C14H26N2OS.ClH/c1-14(7-4-8-18-14)10-16-13(17)9-11-5-2-3-6-12(11)15;/h11-12H,2-10,15H2,1H3,(H,16,17);1H. The minimum Gasteiger partial charge on any atom is -0.355 e. The number of hydrogen-bond donors (Lipinski definition) is 2. The van der Waals surface area contributed by atoms with Crippen LogP contribution in [-0.2, 0) is 4.79 Å². The van der Waals surface area contributed by atoms with E-state index in [0.717, 1.165) is 19.4 Å². The van der Waals surface area contributed by atoms with Crippen molar-refractivity contribution in [3.8, 4) is 0 Å². The first-order chi connectivity index (χ1) is 8.59. The van der Waals surface area contributed by atoms with Gasteiger partial charge in [0.15, 0.2) is 0 Å². The molecule has 1 saturated heterocycles. The second-order valence-corrected chi connectivity index (χ2v) is 7.77. The topological polar surface area (TPSA) is 55.1 Å². The molecule has 3 atom stereocenters. The molecular weight excluding hydrogens is 280 g/mol. The van der Waals surface area contributed by atoms with Crippen LogP contribution in [0.25, 0.3) is 0 Å². The van der Waals surface area contributed by atoms with Crippen LogP contribution >= 0.6 is 24.2 Å². The highest BCUT2D eigenvalue weighted by Crippen LogP contribution is 2.37. The average molecular weight is 307 g/mol. The highest BCUT2D eigenvalue weighted by molar-refractivity contribution is 8.00. The fourth-order valence-corrected chi connectivity index (χ4v) is 4.31. The van der Waals surface area contributed by atoms with Crippen molar-refractivity contribution in [1.29, 1.82) is 0 Å². The van der Waals surface area contributed by atoms with Gasteiger partial charge in [0.05, 0.1) is 0 Å². The Bertz CT molecular complexity index is 295. The first kappa shape index (κ1) is 17.1. The maximum Gasteiger partial charge on any atom is 0.220 e. The summed E-state index contributed by atoms with van der Waals surface area (Å²) >= 11 is 1.99. The van der Waals surface area contributed by atoms with Gasteiger partial charge in [-0.3, -0.25) is 4.79 Å². The molecule has 0 aromatic carbocycles. The van der Waals surface area contributed by atoms with Gasteiger partial charge in [-0.05, 0) is 44.3 Å². The van der Waals surface area contributed by atoms with Crippen LogP contribution in [0.4, 0.5) is 0 Å². The molecule has 1 aliphatic heterocycles. The van der Waals surface area contributed by atoms with Crippen LogP contribution in [-0.4, -0.2) is 29.0 Å². The fraction of sp³-hybridized carbons (Fsp3) is 0.929. The molecule has 0 radical (unpaired) electrons. The van der Waals surface area contributed by atoms with Gasteiger partial charge < -0.3 is 11.1 Å². The molecule has 1 aliphatic carbocycles. The van der Waals surface area contributed by atoms with Crippen LogP contribution in [0, 0.1) is 5.92 Å². The quantitative estimate of drug-likeness (QED) is 0.839. The number of carbonyl (C=O) groups is 1. The highest BCUT2D eigenvalue weighted by atomic mass is 35.5. The van der Waals surface area contributed by atoms with E-state index in [-0.39, 0.29) is 29.1 Å². The highest BCUT2D eigenvalue weighted by Gasteiger charge is 2.30. The first-order valence-electron chi connectivity index (χ1n) is 7.25. The Balaban J connectivity index is 0.00000180. The molecule has 3 unspecified atom stereocenters. The zero-order chi connectivity index (χ0) is 13.0. The van der Waals surface area contributed by atoms with Gasteiger partial charge >= 0.3 is 0 Å². The van der Waals surface area contributed by atoms with Gasteiger partial charge in [-0.1, -0.05) is 12.8 Å². The van der Waals surface area contributed by atoms with Crippen molar-refractivity contribution in [3.05, 3.63) is 0 Å². The summed E-state index contributed by atoms with van der Waals surface area (Å²) in [4.78, 5) is 12.0. The van der Waals surface area contributed by atoms with E-state index < -0.39 is 0 Å². The van der Waals surface area contributed by atoms with Crippen molar-refractivity contribution in [2.75, 3.05) is 12.3 Å². The lowest BCUT2D eigenvalue weighted by atomic mass is 9.83. The van der Waals surface area contributed by atoms with Crippen molar-refractivity contribution in [3.63, 3.8) is 0 Å². The van der Waals surface area contributed by atoms with E-state index in [4.69, 9.17) is 5.73 Å². The van der Waals surface area contributed by atoms with E-state index in [0.29, 0.717) is 12.3 Å². The molecule has 0 aromatic rings. The number of hydrogen-bond acceptors (Lipinski definition) is 3. The van der Waals surface area contributed by atoms with E-state index in [1.165, 1.54) is 31.4 Å². The average Bonchev–Trinajstić information content (AvgIpc) is 2.77. The predicted octanol–water partition coefficient (Wildman–Crippen LogP) is 2.72. The lowest BCUT2D eigenvalue weighted by Gasteiger charge is -2.29. The molecule has 19 heavy (non-hydrogen) atoms. The summed E-state index contributed by atoms with van der Waals surface area (Å²) in [5.41, 5.74) is 6.09. The molecule has 1 saturated carbocycles. The Hall–Kier alpha value is 0.0700. The maximum absolute atomic E-state index is 12.0. The van der Waals surface area contributed by atoms with Crippen molar-refractivity contribution < 1.29 is 4.79 Å². The number of halogens is 1. The normalized spacial score (nSPS) is 34.6. The Morgan fingerprint density at radius 3 is 2.74 bits per heavy atom. The molecule has 112 valence electrons. The summed E-state index contributed by atoms with van der Waals surface area (Å²) < 4.78 is 0.268. The molecule has 3 nitrogen and oxygen atoms in total. The monoisotopic (exact) mass is 306 g/mol. The molecule has 0 spiro atoms. The van der Waals surface area contributed by atoms with Crippen LogP contribution in [0.1, 0.15) is 51.9 Å². The van der Waals surface area contributed by atoms with Gasteiger partial charge in [0.25, 0.3) is 0 Å². The third kappa shape index (κ3) is 5.16. The molecule has 1 heterocycles. The van der Waals surface area contributed by atoms with E-state index >= 15 is 0 Å². The van der Waals surface area contributed by atoms with Crippen LogP contribution in [0.3, 0.4) is 0 Å². The van der Waals surface area contributed by atoms with E-state index in [1.54, 1.807) is 0 Å².